The van der Waals surface area contributed by atoms with Crippen molar-refractivity contribution in [1.29, 1.82) is 0 Å². The number of carboxylic acid groups (broad SMARTS) is 1. The van der Waals surface area contributed by atoms with Crippen LogP contribution in [0.2, 0.25) is 0 Å². The van der Waals surface area contributed by atoms with Crippen LogP contribution in [-0.4, -0.2) is 30.8 Å². The Labute approximate surface area is 157 Å². The lowest BCUT2D eigenvalue weighted by molar-refractivity contribution is 0.0693. The zero-order valence-electron chi connectivity index (χ0n) is 14.2. The lowest BCUT2D eigenvalue weighted by atomic mass is 9.96. The quantitative estimate of drug-likeness (QED) is 0.783. The van der Waals surface area contributed by atoms with Gasteiger partial charge in [-0.25, -0.2) is 17.9 Å². The number of aromatic carboxylic acids is 1. The summed E-state index contributed by atoms with van der Waals surface area (Å²) in [4.78, 5) is 12.4. The Morgan fingerprint density at radius 2 is 1.65 bits per heavy atom. The van der Waals surface area contributed by atoms with E-state index >= 15 is 0 Å². The van der Waals surface area contributed by atoms with E-state index in [1.807, 2.05) is 0 Å². The first kappa shape index (κ1) is 18.9. The molecule has 2 aromatic carbocycles. The maximum Gasteiger partial charge on any atom is 0.336 e. The third-order valence-electron chi connectivity index (χ3n) is 4.46. The monoisotopic (exact) mass is 391 g/mol. The van der Waals surface area contributed by atoms with Crippen molar-refractivity contribution >= 4 is 27.8 Å². The zero-order valence-corrected chi connectivity index (χ0v) is 15.8. The molecule has 2 atom stereocenters. The van der Waals surface area contributed by atoms with E-state index < -0.39 is 16.0 Å². The minimum Gasteiger partial charge on any atom is -0.478 e. The summed E-state index contributed by atoms with van der Waals surface area (Å²) in [5, 5.41) is 9.37. The summed E-state index contributed by atoms with van der Waals surface area (Å²) in [6.45, 7) is 0. The number of rotatable bonds is 6. The van der Waals surface area contributed by atoms with Crippen molar-refractivity contribution in [1.82, 2.24) is 4.72 Å². The minimum absolute atomic E-state index is 0.00253. The summed E-state index contributed by atoms with van der Waals surface area (Å²) >= 11 is 1.46. The molecule has 1 aliphatic rings. The average molecular weight is 392 g/mol. The molecule has 0 spiro atoms. The van der Waals surface area contributed by atoms with E-state index in [9.17, 15) is 18.3 Å². The Hall–Kier alpha value is -1.83. The molecule has 0 aliphatic heterocycles. The van der Waals surface area contributed by atoms with Gasteiger partial charge in [-0.3, -0.25) is 0 Å². The first-order chi connectivity index (χ1) is 12.5. The van der Waals surface area contributed by atoms with Crippen molar-refractivity contribution in [2.24, 2.45) is 0 Å². The van der Waals surface area contributed by atoms with Gasteiger partial charge in [-0.05, 0) is 37.1 Å². The molecule has 1 aliphatic carbocycles. The summed E-state index contributed by atoms with van der Waals surface area (Å²) in [5.41, 5.74) is 0.257. The molecular weight excluding hydrogens is 370 g/mol. The summed E-state index contributed by atoms with van der Waals surface area (Å²) in [5.74, 6) is -0.967. The molecule has 2 aromatic rings. The summed E-state index contributed by atoms with van der Waals surface area (Å²) in [7, 11) is -3.59. The van der Waals surface area contributed by atoms with Gasteiger partial charge in [-0.2, -0.15) is 0 Å². The largest absolute Gasteiger partial charge is 0.478 e. The van der Waals surface area contributed by atoms with Crippen LogP contribution in [0.3, 0.4) is 0 Å². The molecule has 2 N–H and O–H groups in total. The normalized spacial score (nSPS) is 20.6. The van der Waals surface area contributed by atoms with Crippen LogP contribution in [-0.2, 0) is 10.0 Å². The second kappa shape index (κ2) is 8.24. The summed E-state index contributed by atoms with van der Waals surface area (Å²) in [6, 6.07) is 15.0. The maximum absolute atomic E-state index is 12.7. The van der Waals surface area contributed by atoms with Crippen molar-refractivity contribution in [3.63, 3.8) is 0 Å². The fourth-order valence-electron chi connectivity index (χ4n) is 3.15. The zero-order chi connectivity index (χ0) is 18.6. The highest BCUT2D eigenvalue weighted by Crippen LogP contribution is 2.36. The molecule has 0 unspecified atom stereocenters. The van der Waals surface area contributed by atoms with Crippen molar-refractivity contribution in [2.75, 3.05) is 0 Å². The first-order valence-electron chi connectivity index (χ1n) is 8.54. The van der Waals surface area contributed by atoms with Crippen LogP contribution in [0, 0.1) is 0 Å². The highest BCUT2D eigenvalue weighted by atomic mass is 32.2. The van der Waals surface area contributed by atoms with Crippen LogP contribution in [0.25, 0.3) is 0 Å². The average Bonchev–Trinajstić information content (AvgIpc) is 2.64. The summed E-state index contributed by atoms with van der Waals surface area (Å²) < 4.78 is 28.2. The Morgan fingerprint density at radius 3 is 2.38 bits per heavy atom. The molecule has 3 rings (SSSR count). The van der Waals surface area contributed by atoms with Gasteiger partial charge in [0.25, 0.3) is 0 Å². The van der Waals surface area contributed by atoms with Gasteiger partial charge in [0.1, 0.15) is 0 Å². The fraction of sp³-hybridized carbons (Fsp3) is 0.316. The Bertz CT molecular complexity index is 868. The van der Waals surface area contributed by atoms with Crippen molar-refractivity contribution < 1.29 is 18.3 Å². The molecule has 138 valence electrons. The van der Waals surface area contributed by atoms with Crippen LogP contribution >= 0.6 is 11.8 Å². The predicted octanol–water partition coefficient (Wildman–Crippen LogP) is 3.77. The van der Waals surface area contributed by atoms with Gasteiger partial charge >= 0.3 is 5.97 Å². The number of sulfonamides is 1. The SMILES string of the molecule is O=C(O)c1ccccc1S[C@@H]1CCCC[C@H]1NS(=O)(=O)c1ccccc1. The van der Waals surface area contributed by atoms with E-state index in [4.69, 9.17) is 0 Å². The highest BCUT2D eigenvalue weighted by molar-refractivity contribution is 8.00. The molecular formula is C19H21NO4S2. The molecule has 0 aromatic heterocycles. The number of benzene rings is 2. The van der Waals surface area contributed by atoms with E-state index in [0.717, 1.165) is 25.7 Å². The van der Waals surface area contributed by atoms with Gasteiger partial charge in [0, 0.05) is 16.2 Å². The molecule has 0 bridgehead atoms. The van der Waals surface area contributed by atoms with Crippen LogP contribution in [0.4, 0.5) is 0 Å². The third-order valence-corrected chi connectivity index (χ3v) is 7.44. The molecule has 26 heavy (non-hydrogen) atoms. The molecule has 1 saturated carbocycles. The Kier molecular flexibility index (Phi) is 6.01. The van der Waals surface area contributed by atoms with Gasteiger partial charge in [-0.15, -0.1) is 11.8 Å². The lowest BCUT2D eigenvalue weighted by Gasteiger charge is -2.31. The predicted molar refractivity (Wildman–Crippen MR) is 102 cm³/mol. The van der Waals surface area contributed by atoms with E-state index in [0.29, 0.717) is 4.90 Å². The van der Waals surface area contributed by atoms with Crippen LogP contribution < -0.4 is 4.72 Å². The number of carbonyl (C=O) groups is 1. The smallest absolute Gasteiger partial charge is 0.336 e. The maximum atomic E-state index is 12.7. The highest BCUT2D eigenvalue weighted by Gasteiger charge is 2.31. The van der Waals surface area contributed by atoms with Gasteiger partial charge < -0.3 is 5.11 Å². The third kappa shape index (κ3) is 4.47. The second-order valence-electron chi connectivity index (χ2n) is 6.28. The second-order valence-corrected chi connectivity index (χ2v) is 9.28. The topological polar surface area (TPSA) is 83.5 Å². The minimum atomic E-state index is -3.59. The molecule has 0 saturated heterocycles. The van der Waals surface area contributed by atoms with E-state index in [1.54, 1.807) is 54.6 Å². The van der Waals surface area contributed by atoms with E-state index in [2.05, 4.69) is 4.72 Å². The standard InChI is InChI=1S/C19H21NO4S2/c21-19(22)15-10-4-6-12-17(15)25-18-13-7-5-11-16(18)20-26(23,24)14-8-2-1-3-9-14/h1-4,6,8-10,12,16,18,20H,5,7,11,13H2,(H,21,22)/t16-,18-/m1/s1. The molecule has 1 fully saturated rings. The van der Waals surface area contributed by atoms with Crippen molar-refractivity contribution in [3.8, 4) is 0 Å². The number of carboxylic acids is 1. The van der Waals surface area contributed by atoms with Crippen molar-refractivity contribution in [3.05, 3.63) is 60.2 Å². The summed E-state index contributed by atoms with van der Waals surface area (Å²) in [6.07, 6.45) is 3.57. The molecule has 0 radical (unpaired) electrons. The number of hydrogen-bond acceptors (Lipinski definition) is 4. The molecule has 0 amide bonds. The molecule has 7 heteroatoms. The Balaban J connectivity index is 1.80. The van der Waals surface area contributed by atoms with Crippen LogP contribution in [0.1, 0.15) is 36.0 Å². The van der Waals surface area contributed by atoms with Crippen molar-refractivity contribution in [2.45, 2.75) is 46.8 Å². The lowest BCUT2D eigenvalue weighted by Crippen LogP contribution is -2.43. The van der Waals surface area contributed by atoms with Gasteiger partial charge in [0.05, 0.1) is 10.5 Å². The van der Waals surface area contributed by atoms with Crippen LogP contribution in [0.15, 0.2) is 64.4 Å². The molecule has 5 nitrogen and oxygen atoms in total. The van der Waals surface area contributed by atoms with Gasteiger partial charge in [-0.1, -0.05) is 43.2 Å². The van der Waals surface area contributed by atoms with E-state index in [1.165, 1.54) is 11.8 Å². The first-order valence-corrected chi connectivity index (χ1v) is 10.9. The number of hydrogen-bond donors (Lipinski definition) is 2. The van der Waals surface area contributed by atoms with Gasteiger partial charge in [0.2, 0.25) is 10.0 Å². The van der Waals surface area contributed by atoms with Gasteiger partial charge in [0.15, 0.2) is 0 Å². The molecule has 0 heterocycles. The fourth-order valence-corrected chi connectivity index (χ4v) is 5.99. The Morgan fingerprint density at radius 1 is 1.00 bits per heavy atom. The van der Waals surface area contributed by atoms with Crippen LogP contribution in [0.5, 0.6) is 0 Å². The number of thioether (sulfide) groups is 1. The van der Waals surface area contributed by atoms with E-state index in [-0.39, 0.29) is 21.8 Å². The number of nitrogens with one attached hydrogen (secondary N) is 1.